The van der Waals surface area contributed by atoms with Crippen LogP contribution in [0, 0.1) is 0 Å². The molecule has 0 radical (unpaired) electrons. The molecular weight excluding hydrogens is 204 g/mol. The third-order valence-corrected chi connectivity index (χ3v) is 8.49. The zero-order valence-corrected chi connectivity index (χ0v) is 11.7. The van der Waals surface area contributed by atoms with Crippen molar-refractivity contribution in [3.8, 4) is 0 Å². The second kappa shape index (κ2) is 6.02. The molecule has 2 nitrogen and oxygen atoms in total. The standard InChI is InChI=1S/C12H26O2Si/c1-5-15(6-2,7-3)14-12-8-9-13-11(4)10-12/h11-12H,5-10H2,1-4H3/t11-,12-/m0/s1. The molecular formula is C12H26O2Si. The fourth-order valence-electron chi connectivity index (χ4n) is 2.42. The molecule has 0 bridgehead atoms. The van der Waals surface area contributed by atoms with E-state index in [1.165, 1.54) is 18.1 Å². The van der Waals surface area contributed by atoms with Gasteiger partial charge in [0.05, 0.1) is 6.10 Å². The van der Waals surface area contributed by atoms with Gasteiger partial charge in [-0.25, -0.2) is 0 Å². The molecule has 1 rings (SSSR count). The highest BCUT2D eigenvalue weighted by molar-refractivity contribution is 6.73. The van der Waals surface area contributed by atoms with Crippen LogP contribution in [0.3, 0.4) is 0 Å². The van der Waals surface area contributed by atoms with Crippen LogP contribution in [-0.2, 0) is 9.16 Å². The van der Waals surface area contributed by atoms with E-state index in [1.54, 1.807) is 0 Å². The van der Waals surface area contributed by atoms with Gasteiger partial charge in [-0.15, -0.1) is 0 Å². The third-order valence-electron chi connectivity index (χ3n) is 3.79. The van der Waals surface area contributed by atoms with Crippen molar-refractivity contribution in [1.29, 1.82) is 0 Å². The van der Waals surface area contributed by atoms with E-state index < -0.39 is 8.32 Å². The summed E-state index contributed by atoms with van der Waals surface area (Å²) >= 11 is 0. The van der Waals surface area contributed by atoms with Crippen LogP contribution in [0.25, 0.3) is 0 Å². The minimum absolute atomic E-state index is 0.390. The first-order chi connectivity index (χ1) is 7.15. The molecule has 90 valence electrons. The molecule has 0 unspecified atom stereocenters. The van der Waals surface area contributed by atoms with Gasteiger partial charge in [-0.3, -0.25) is 0 Å². The first-order valence-corrected chi connectivity index (χ1v) is 8.98. The Hall–Kier alpha value is 0.137. The van der Waals surface area contributed by atoms with E-state index in [9.17, 15) is 0 Å². The number of hydrogen-bond donors (Lipinski definition) is 0. The molecule has 0 amide bonds. The molecule has 1 aliphatic rings. The van der Waals surface area contributed by atoms with Crippen molar-refractivity contribution < 1.29 is 9.16 Å². The average molecular weight is 230 g/mol. The topological polar surface area (TPSA) is 18.5 Å². The van der Waals surface area contributed by atoms with Gasteiger partial charge in [0.25, 0.3) is 0 Å². The van der Waals surface area contributed by atoms with Crippen LogP contribution >= 0.6 is 0 Å². The molecule has 0 spiro atoms. The maximum Gasteiger partial charge on any atom is 0.192 e. The summed E-state index contributed by atoms with van der Waals surface area (Å²) in [6.07, 6.45) is 3.05. The van der Waals surface area contributed by atoms with E-state index in [0.29, 0.717) is 12.2 Å². The predicted molar refractivity (Wildman–Crippen MR) is 66.7 cm³/mol. The van der Waals surface area contributed by atoms with E-state index in [0.717, 1.165) is 19.4 Å². The Balaban J connectivity index is 2.49. The summed E-state index contributed by atoms with van der Waals surface area (Å²) in [4.78, 5) is 0. The van der Waals surface area contributed by atoms with Crippen molar-refractivity contribution in [1.82, 2.24) is 0 Å². The van der Waals surface area contributed by atoms with Crippen LogP contribution < -0.4 is 0 Å². The van der Waals surface area contributed by atoms with Gasteiger partial charge >= 0.3 is 0 Å². The van der Waals surface area contributed by atoms with Gasteiger partial charge in [-0.2, -0.15) is 0 Å². The quantitative estimate of drug-likeness (QED) is 0.672. The summed E-state index contributed by atoms with van der Waals surface area (Å²) in [5.74, 6) is 0. The van der Waals surface area contributed by atoms with Gasteiger partial charge in [-0.05, 0) is 37.9 Å². The van der Waals surface area contributed by atoms with E-state index in [2.05, 4.69) is 27.7 Å². The van der Waals surface area contributed by atoms with E-state index >= 15 is 0 Å². The molecule has 0 aromatic heterocycles. The largest absolute Gasteiger partial charge is 0.414 e. The fourth-order valence-corrected chi connectivity index (χ4v) is 5.34. The van der Waals surface area contributed by atoms with Crippen LogP contribution in [0.5, 0.6) is 0 Å². The number of ether oxygens (including phenoxy) is 1. The Morgan fingerprint density at radius 2 is 1.80 bits per heavy atom. The molecule has 0 aliphatic carbocycles. The first-order valence-electron chi connectivity index (χ1n) is 6.45. The summed E-state index contributed by atoms with van der Waals surface area (Å²) in [7, 11) is -1.39. The molecule has 0 aromatic rings. The van der Waals surface area contributed by atoms with E-state index in [4.69, 9.17) is 9.16 Å². The van der Waals surface area contributed by atoms with Gasteiger partial charge in [0.1, 0.15) is 0 Å². The summed E-state index contributed by atoms with van der Waals surface area (Å²) in [5.41, 5.74) is 0. The van der Waals surface area contributed by atoms with Gasteiger partial charge in [0, 0.05) is 12.7 Å². The Morgan fingerprint density at radius 1 is 1.20 bits per heavy atom. The van der Waals surface area contributed by atoms with Crippen molar-refractivity contribution in [3.05, 3.63) is 0 Å². The van der Waals surface area contributed by atoms with Crippen LogP contribution in [0.15, 0.2) is 0 Å². The molecule has 1 fully saturated rings. The van der Waals surface area contributed by atoms with E-state index in [-0.39, 0.29) is 0 Å². The Labute approximate surface area is 95.5 Å². The fraction of sp³-hybridized carbons (Fsp3) is 1.00. The van der Waals surface area contributed by atoms with Gasteiger partial charge in [0.2, 0.25) is 0 Å². The maximum absolute atomic E-state index is 6.46. The minimum atomic E-state index is -1.39. The second-order valence-electron chi connectivity index (χ2n) is 4.69. The molecule has 15 heavy (non-hydrogen) atoms. The molecule has 1 heterocycles. The molecule has 0 saturated carbocycles. The lowest BCUT2D eigenvalue weighted by molar-refractivity contribution is -0.0287. The van der Waals surface area contributed by atoms with E-state index in [1.807, 2.05) is 0 Å². The minimum Gasteiger partial charge on any atom is -0.414 e. The van der Waals surface area contributed by atoms with Gasteiger partial charge < -0.3 is 9.16 Å². The first kappa shape index (κ1) is 13.2. The van der Waals surface area contributed by atoms with Crippen molar-refractivity contribution in [2.75, 3.05) is 6.61 Å². The highest BCUT2D eigenvalue weighted by atomic mass is 28.4. The Kier molecular flexibility index (Phi) is 5.30. The molecule has 2 atom stereocenters. The van der Waals surface area contributed by atoms with Crippen molar-refractivity contribution in [2.45, 2.75) is 70.9 Å². The number of hydrogen-bond acceptors (Lipinski definition) is 2. The molecule has 1 aliphatic heterocycles. The summed E-state index contributed by atoms with van der Waals surface area (Å²) < 4.78 is 12.0. The van der Waals surface area contributed by atoms with Crippen molar-refractivity contribution >= 4 is 8.32 Å². The van der Waals surface area contributed by atoms with Gasteiger partial charge in [0.15, 0.2) is 8.32 Å². The maximum atomic E-state index is 6.46. The highest BCUT2D eigenvalue weighted by Gasteiger charge is 2.33. The summed E-state index contributed by atoms with van der Waals surface area (Å²) in [5, 5.41) is 0. The Morgan fingerprint density at radius 3 is 2.27 bits per heavy atom. The zero-order chi connectivity index (χ0) is 11.3. The number of rotatable bonds is 5. The van der Waals surface area contributed by atoms with Crippen molar-refractivity contribution in [3.63, 3.8) is 0 Å². The van der Waals surface area contributed by atoms with Crippen LogP contribution in [-0.4, -0.2) is 27.1 Å². The zero-order valence-electron chi connectivity index (χ0n) is 10.7. The third kappa shape index (κ3) is 3.57. The van der Waals surface area contributed by atoms with Crippen LogP contribution in [0.4, 0.5) is 0 Å². The Bertz CT molecular complexity index is 172. The summed E-state index contributed by atoms with van der Waals surface area (Å²) in [6.45, 7) is 9.92. The smallest absolute Gasteiger partial charge is 0.192 e. The monoisotopic (exact) mass is 230 g/mol. The van der Waals surface area contributed by atoms with Crippen LogP contribution in [0.2, 0.25) is 18.1 Å². The average Bonchev–Trinajstić information content (AvgIpc) is 2.26. The van der Waals surface area contributed by atoms with Gasteiger partial charge in [-0.1, -0.05) is 20.8 Å². The SMILES string of the molecule is CC[Si](CC)(CC)O[C@H]1CCO[C@@H](C)C1. The highest BCUT2D eigenvalue weighted by Crippen LogP contribution is 2.27. The van der Waals surface area contributed by atoms with Crippen LogP contribution in [0.1, 0.15) is 40.5 Å². The summed E-state index contributed by atoms with van der Waals surface area (Å²) in [6, 6.07) is 3.77. The predicted octanol–water partition coefficient (Wildman–Crippen LogP) is 3.58. The normalized spacial score (nSPS) is 28.0. The van der Waals surface area contributed by atoms with Crippen molar-refractivity contribution in [2.24, 2.45) is 0 Å². The lowest BCUT2D eigenvalue weighted by Crippen LogP contribution is -2.42. The molecule has 3 heteroatoms. The molecule has 1 saturated heterocycles. The lowest BCUT2D eigenvalue weighted by atomic mass is 10.1. The lowest BCUT2D eigenvalue weighted by Gasteiger charge is -2.36. The molecule has 0 aromatic carbocycles. The second-order valence-corrected chi connectivity index (χ2v) is 9.41. The molecule has 0 N–H and O–H groups in total.